The van der Waals surface area contributed by atoms with Gasteiger partial charge in [0.25, 0.3) is 5.91 Å². The topological polar surface area (TPSA) is 70.8 Å². The summed E-state index contributed by atoms with van der Waals surface area (Å²) >= 11 is 5.59. The van der Waals surface area contributed by atoms with Crippen molar-refractivity contribution < 1.29 is 19.1 Å². The van der Waals surface area contributed by atoms with Crippen LogP contribution in [0.3, 0.4) is 0 Å². The molecular weight excluding hydrogens is 246 g/mol. The number of hydrogen-bond acceptors (Lipinski definition) is 3. The summed E-state index contributed by atoms with van der Waals surface area (Å²) in [6, 6.07) is 2.98. The Morgan fingerprint density at radius 3 is 2.65 bits per heavy atom. The van der Waals surface area contributed by atoms with Crippen molar-refractivity contribution >= 4 is 23.5 Å². The number of hydrogen-bond donors (Lipinski definition) is 1. The van der Waals surface area contributed by atoms with Crippen molar-refractivity contribution in [1.29, 1.82) is 0 Å². The third kappa shape index (κ3) is 2.29. The highest BCUT2D eigenvalue weighted by Gasteiger charge is 2.37. The molecule has 2 heterocycles. The fraction of sp³-hybridized carbons (Fsp3) is 0.455. The largest absolute Gasteiger partial charge is 0.481 e. The maximum Gasteiger partial charge on any atom is 0.308 e. The average molecular weight is 258 g/mol. The van der Waals surface area contributed by atoms with E-state index in [0.29, 0.717) is 6.54 Å². The van der Waals surface area contributed by atoms with Crippen LogP contribution in [0.5, 0.6) is 0 Å². The van der Waals surface area contributed by atoms with Gasteiger partial charge in [-0.15, -0.1) is 0 Å². The van der Waals surface area contributed by atoms with Gasteiger partial charge in [0.15, 0.2) is 11.0 Å². The summed E-state index contributed by atoms with van der Waals surface area (Å²) < 4.78 is 5.02. The minimum atomic E-state index is -0.870. The average Bonchev–Trinajstić information content (AvgIpc) is 2.83. The van der Waals surface area contributed by atoms with Gasteiger partial charge in [-0.05, 0) is 29.7 Å². The Morgan fingerprint density at radius 1 is 1.47 bits per heavy atom. The molecule has 1 aliphatic rings. The summed E-state index contributed by atoms with van der Waals surface area (Å²) in [4.78, 5) is 24.4. The van der Waals surface area contributed by atoms with E-state index in [4.69, 9.17) is 21.1 Å². The Kier molecular flexibility index (Phi) is 3.11. The fourth-order valence-electron chi connectivity index (χ4n) is 2.04. The quantitative estimate of drug-likeness (QED) is 0.876. The van der Waals surface area contributed by atoms with Gasteiger partial charge in [0.2, 0.25) is 0 Å². The number of likely N-dealkylation sites (tertiary alicyclic amines) is 1. The van der Waals surface area contributed by atoms with Crippen molar-refractivity contribution in [3.8, 4) is 0 Å². The molecule has 0 spiro atoms. The molecule has 1 aliphatic heterocycles. The molecule has 0 bridgehead atoms. The standard InChI is InChI=1S/C11H12ClNO4/c1-6-4-13(5-7(6)11(15)16)10(14)8-2-3-9(12)17-8/h2-3,6-7H,4-5H2,1H3,(H,15,16)/t6-,7-/m1/s1. The second kappa shape index (κ2) is 4.41. The van der Waals surface area contributed by atoms with Crippen LogP contribution in [-0.4, -0.2) is 35.0 Å². The van der Waals surface area contributed by atoms with Gasteiger partial charge in [-0.25, -0.2) is 0 Å². The third-order valence-corrected chi connectivity index (χ3v) is 3.20. The lowest BCUT2D eigenvalue weighted by molar-refractivity contribution is -0.142. The van der Waals surface area contributed by atoms with Crippen molar-refractivity contribution in [1.82, 2.24) is 4.90 Å². The van der Waals surface area contributed by atoms with Crippen molar-refractivity contribution in [3.63, 3.8) is 0 Å². The van der Waals surface area contributed by atoms with Gasteiger partial charge >= 0.3 is 5.97 Å². The molecule has 0 radical (unpaired) electrons. The second-order valence-corrected chi connectivity index (χ2v) is 4.61. The van der Waals surface area contributed by atoms with Crippen LogP contribution in [0, 0.1) is 11.8 Å². The van der Waals surface area contributed by atoms with Crippen molar-refractivity contribution in [2.45, 2.75) is 6.92 Å². The lowest BCUT2D eigenvalue weighted by atomic mass is 9.99. The molecule has 92 valence electrons. The van der Waals surface area contributed by atoms with E-state index in [1.54, 1.807) is 0 Å². The Balaban J connectivity index is 2.10. The molecule has 1 fully saturated rings. The van der Waals surface area contributed by atoms with Crippen LogP contribution < -0.4 is 0 Å². The van der Waals surface area contributed by atoms with E-state index in [9.17, 15) is 9.59 Å². The van der Waals surface area contributed by atoms with E-state index in [0.717, 1.165) is 0 Å². The number of carbonyl (C=O) groups excluding carboxylic acids is 1. The zero-order valence-electron chi connectivity index (χ0n) is 9.22. The summed E-state index contributed by atoms with van der Waals surface area (Å²) in [5.74, 6) is -1.60. The number of furan rings is 1. The summed E-state index contributed by atoms with van der Waals surface area (Å²) in [5.41, 5.74) is 0. The van der Waals surface area contributed by atoms with Gasteiger partial charge in [0.05, 0.1) is 5.92 Å². The first kappa shape index (κ1) is 12.0. The van der Waals surface area contributed by atoms with Crippen molar-refractivity contribution in [2.24, 2.45) is 11.8 Å². The van der Waals surface area contributed by atoms with Crippen LogP contribution in [0.2, 0.25) is 5.22 Å². The molecule has 1 N–H and O–H groups in total. The van der Waals surface area contributed by atoms with Gasteiger partial charge in [-0.1, -0.05) is 6.92 Å². The minimum Gasteiger partial charge on any atom is -0.481 e. The Hall–Kier alpha value is -1.49. The molecule has 2 rings (SSSR count). The number of halogens is 1. The summed E-state index contributed by atoms with van der Waals surface area (Å²) in [6.07, 6.45) is 0. The number of carboxylic acid groups (broad SMARTS) is 1. The number of aliphatic carboxylic acids is 1. The van der Waals surface area contributed by atoms with Crippen molar-refractivity contribution in [3.05, 3.63) is 23.1 Å². The lowest BCUT2D eigenvalue weighted by Gasteiger charge is -2.13. The van der Waals surface area contributed by atoms with Crippen molar-refractivity contribution in [2.75, 3.05) is 13.1 Å². The summed E-state index contributed by atoms with van der Waals surface area (Å²) in [5, 5.41) is 9.12. The first-order valence-electron chi connectivity index (χ1n) is 5.26. The van der Waals surface area contributed by atoms with Crippen LogP contribution in [0.25, 0.3) is 0 Å². The fourth-order valence-corrected chi connectivity index (χ4v) is 2.19. The van der Waals surface area contributed by atoms with Crippen LogP contribution in [-0.2, 0) is 4.79 Å². The Morgan fingerprint density at radius 2 is 2.18 bits per heavy atom. The highest BCUT2D eigenvalue weighted by atomic mass is 35.5. The molecule has 0 aromatic carbocycles. The molecular formula is C11H12ClNO4. The van der Waals surface area contributed by atoms with Crippen LogP contribution >= 0.6 is 11.6 Å². The highest BCUT2D eigenvalue weighted by Crippen LogP contribution is 2.25. The molecule has 0 aliphatic carbocycles. The molecule has 5 nitrogen and oxygen atoms in total. The van der Waals surface area contributed by atoms with Gasteiger partial charge in [-0.3, -0.25) is 9.59 Å². The first-order valence-corrected chi connectivity index (χ1v) is 5.64. The van der Waals surface area contributed by atoms with Gasteiger partial charge < -0.3 is 14.4 Å². The van der Waals surface area contributed by atoms with Gasteiger partial charge in [0, 0.05) is 13.1 Å². The maximum atomic E-state index is 12.0. The van der Waals surface area contributed by atoms with E-state index in [2.05, 4.69) is 0 Å². The van der Waals surface area contributed by atoms with E-state index in [1.165, 1.54) is 17.0 Å². The zero-order valence-corrected chi connectivity index (χ0v) is 9.98. The van der Waals surface area contributed by atoms with E-state index in [1.807, 2.05) is 6.92 Å². The van der Waals surface area contributed by atoms with Gasteiger partial charge in [0.1, 0.15) is 0 Å². The SMILES string of the molecule is C[C@@H]1CN(C(=O)c2ccc(Cl)o2)C[C@H]1C(=O)O. The van der Waals surface area contributed by atoms with E-state index in [-0.39, 0.29) is 29.3 Å². The third-order valence-electron chi connectivity index (χ3n) is 3.00. The number of carbonyl (C=O) groups is 2. The van der Waals surface area contributed by atoms with E-state index >= 15 is 0 Å². The van der Waals surface area contributed by atoms with Crippen LogP contribution in [0.4, 0.5) is 0 Å². The zero-order chi connectivity index (χ0) is 12.6. The lowest BCUT2D eigenvalue weighted by Crippen LogP contribution is -2.29. The molecule has 0 saturated carbocycles. The Bertz CT molecular complexity index is 456. The summed E-state index contributed by atoms with van der Waals surface area (Å²) in [7, 11) is 0. The Labute approximate surface area is 103 Å². The molecule has 17 heavy (non-hydrogen) atoms. The van der Waals surface area contributed by atoms with Crippen LogP contribution in [0.1, 0.15) is 17.5 Å². The maximum absolute atomic E-state index is 12.0. The summed E-state index contributed by atoms with van der Waals surface area (Å²) in [6.45, 7) is 2.46. The molecule has 1 aromatic rings. The molecule has 1 amide bonds. The number of amides is 1. The smallest absolute Gasteiger partial charge is 0.308 e. The molecule has 0 unspecified atom stereocenters. The molecule has 1 saturated heterocycles. The number of nitrogens with zero attached hydrogens (tertiary/aromatic N) is 1. The van der Waals surface area contributed by atoms with Gasteiger partial charge in [-0.2, -0.15) is 0 Å². The predicted octanol–water partition coefficient (Wildman–Crippen LogP) is 1.73. The normalized spacial score (nSPS) is 24.0. The molecule has 2 atom stereocenters. The minimum absolute atomic E-state index is 0.0538. The molecule has 6 heteroatoms. The molecule has 1 aromatic heterocycles. The second-order valence-electron chi connectivity index (χ2n) is 4.24. The number of rotatable bonds is 2. The first-order chi connectivity index (χ1) is 7.99. The number of carboxylic acids is 1. The monoisotopic (exact) mass is 257 g/mol. The van der Waals surface area contributed by atoms with E-state index < -0.39 is 11.9 Å². The highest BCUT2D eigenvalue weighted by molar-refractivity contribution is 6.29. The predicted molar refractivity (Wildman–Crippen MR) is 59.9 cm³/mol. The van der Waals surface area contributed by atoms with Crippen LogP contribution in [0.15, 0.2) is 16.5 Å².